The lowest BCUT2D eigenvalue weighted by molar-refractivity contribution is -0.178. The molecule has 3 N–H and O–H groups in total. The maximum Gasteiger partial charge on any atom is 0.160 e. The van der Waals surface area contributed by atoms with E-state index in [1.165, 1.54) is 5.57 Å². The summed E-state index contributed by atoms with van der Waals surface area (Å²) < 4.78 is 0. The molecule has 3 aliphatic rings. The molecule has 0 aromatic rings. The summed E-state index contributed by atoms with van der Waals surface area (Å²) >= 11 is 0. The van der Waals surface area contributed by atoms with Crippen molar-refractivity contribution >= 4 is 5.78 Å². The van der Waals surface area contributed by atoms with Crippen LogP contribution in [0.3, 0.4) is 0 Å². The number of carbonyl (C=O) groups is 1. The molecule has 0 radical (unpaired) electrons. The Bertz CT molecular complexity index is 920. The predicted molar refractivity (Wildman–Crippen MR) is 138 cm³/mol. The minimum atomic E-state index is -0.506. The van der Waals surface area contributed by atoms with Crippen LogP contribution < -0.4 is 0 Å². The van der Waals surface area contributed by atoms with Gasteiger partial charge in [0, 0.05) is 22.8 Å². The van der Waals surface area contributed by atoms with Crippen LogP contribution in [0.25, 0.3) is 0 Å². The average molecular weight is 471 g/mol. The topological polar surface area (TPSA) is 77.8 Å². The number of aliphatic hydroxyl groups is 3. The summed E-state index contributed by atoms with van der Waals surface area (Å²) in [7, 11) is 0. The van der Waals surface area contributed by atoms with Crippen LogP contribution >= 0.6 is 0 Å². The van der Waals surface area contributed by atoms with Gasteiger partial charge in [0.1, 0.15) is 0 Å². The number of allylic oxidation sites excluding steroid dienone is 6. The van der Waals surface area contributed by atoms with E-state index < -0.39 is 17.6 Å². The summed E-state index contributed by atoms with van der Waals surface area (Å²) in [6, 6.07) is 0. The van der Waals surface area contributed by atoms with Crippen LogP contribution in [-0.2, 0) is 4.79 Å². The number of fused-ring (bicyclic) bond motifs is 3. The summed E-state index contributed by atoms with van der Waals surface area (Å²) in [5.74, 6) is 0.687. The lowest BCUT2D eigenvalue weighted by atomic mass is 9.43. The van der Waals surface area contributed by atoms with Crippen LogP contribution in [0.15, 0.2) is 46.6 Å². The molecule has 3 fully saturated rings. The maximum atomic E-state index is 13.4. The fraction of sp³-hybridized carbons (Fsp3) is 0.700. The first-order valence-electron chi connectivity index (χ1n) is 13.0. The molecule has 0 aromatic carbocycles. The van der Waals surface area contributed by atoms with Crippen molar-refractivity contribution in [2.75, 3.05) is 6.61 Å². The van der Waals surface area contributed by atoms with Gasteiger partial charge in [0.05, 0.1) is 18.8 Å². The van der Waals surface area contributed by atoms with Crippen LogP contribution in [-0.4, -0.2) is 39.9 Å². The Hall–Kier alpha value is -1.49. The molecule has 4 nitrogen and oxygen atoms in total. The van der Waals surface area contributed by atoms with Gasteiger partial charge in [-0.25, -0.2) is 0 Å². The second kappa shape index (κ2) is 9.87. The van der Waals surface area contributed by atoms with Gasteiger partial charge in [-0.3, -0.25) is 4.79 Å². The lowest BCUT2D eigenvalue weighted by Gasteiger charge is -2.62. The molecule has 0 aliphatic heterocycles. The molecule has 7 unspecified atom stereocenters. The molecule has 0 saturated heterocycles. The van der Waals surface area contributed by atoms with Crippen molar-refractivity contribution in [3.8, 4) is 0 Å². The van der Waals surface area contributed by atoms with Gasteiger partial charge < -0.3 is 15.3 Å². The van der Waals surface area contributed by atoms with E-state index in [4.69, 9.17) is 0 Å². The van der Waals surface area contributed by atoms with Gasteiger partial charge in [0.15, 0.2) is 5.78 Å². The predicted octanol–water partition coefficient (Wildman–Crippen LogP) is 5.69. The summed E-state index contributed by atoms with van der Waals surface area (Å²) in [6.45, 7) is 14.6. The second-order valence-electron chi connectivity index (χ2n) is 12.3. The van der Waals surface area contributed by atoms with E-state index in [0.29, 0.717) is 19.3 Å². The Morgan fingerprint density at radius 1 is 1.09 bits per heavy atom. The molecule has 0 spiro atoms. The Morgan fingerprint density at radius 3 is 2.38 bits per heavy atom. The third-order valence-electron chi connectivity index (χ3n) is 9.78. The summed E-state index contributed by atoms with van der Waals surface area (Å²) in [5, 5.41) is 31.3. The van der Waals surface area contributed by atoms with E-state index in [0.717, 1.165) is 36.0 Å². The zero-order valence-electron chi connectivity index (χ0n) is 22.3. The van der Waals surface area contributed by atoms with Crippen LogP contribution in [0.1, 0.15) is 87.0 Å². The zero-order valence-corrected chi connectivity index (χ0v) is 22.3. The molecule has 0 heterocycles. The molecule has 0 amide bonds. The average Bonchev–Trinajstić information content (AvgIpc) is 3.06. The zero-order chi connectivity index (χ0) is 25.5. The molecule has 3 rings (SSSR count). The molecular weight excluding hydrogens is 424 g/mol. The van der Waals surface area contributed by atoms with Crippen molar-refractivity contribution in [3.63, 3.8) is 0 Å². The number of ketones is 1. The fourth-order valence-corrected chi connectivity index (χ4v) is 7.68. The monoisotopic (exact) mass is 470 g/mol. The van der Waals surface area contributed by atoms with E-state index in [1.807, 2.05) is 58.9 Å². The van der Waals surface area contributed by atoms with Crippen molar-refractivity contribution in [1.82, 2.24) is 0 Å². The number of carbonyl (C=O) groups excluding carboxylic acids is 1. The number of rotatable bonds is 6. The second-order valence-corrected chi connectivity index (χ2v) is 12.3. The molecular formula is C30H46O4. The summed E-state index contributed by atoms with van der Waals surface area (Å²) in [5.41, 5.74) is 3.31. The first-order valence-corrected chi connectivity index (χ1v) is 13.0. The molecule has 4 heteroatoms. The van der Waals surface area contributed by atoms with Crippen molar-refractivity contribution in [2.45, 2.75) is 99.2 Å². The number of Topliss-reactive ketones (excluding diaryl/α,β-unsaturated/α-hetero) is 1. The van der Waals surface area contributed by atoms with E-state index in [9.17, 15) is 20.1 Å². The standard InChI is InChI=1S/C30H46O4/c1-19(2)11-12-22(32)20(3)9-8-10-21(4)27-23(33)17-25-28(5)16-14-26(34)30(7,18-31)24(28)13-15-29(25,27)6/h8-11,22,24-26,31-32,34H,12-18H2,1-7H3. The molecule has 0 bridgehead atoms. The van der Waals surface area contributed by atoms with Crippen molar-refractivity contribution < 1.29 is 20.1 Å². The molecule has 7 atom stereocenters. The van der Waals surface area contributed by atoms with E-state index in [1.54, 1.807) is 0 Å². The van der Waals surface area contributed by atoms with Gasteiger partial charge >= 0.3 is 0 Å². The Kier molecular flexibility index (Phi) is 7.87. The first kappa shape index (κ1) is 27.1. The van der Waals surface area contributed by atoms with Gasteiger partial charge in [0.25, 0.3) is 0 Å². The molecule has 3 saturated carbocycles. The highest BCUT2D eigenvalue weighted by molar-refractivity contribution is 6.00. The largest absolute Gasteiger partial charge is 0.396 e. The van der Waals surface area contributed by atoms with Crippen molar-refractivity contribution in [3.05, 3.63) is 46.6 Å². The lowest BCUT2D eigenvalue weighted by Crippen LogP contribution is -2.59. The van der Waals surface area contributed by atoms with Gasteiger partial charge in [-0.1, -0.05) is 50.6 Å². The smallest absolute Gasteiger partial charge is 0.160 e. The van der Waals surface area contributed by atoms with E-state index in [-0.39, 0.29) is 35.1 Å². The minimum Gasteiger partial charge on any atom is -0.396 e. The molecule has 34 heavy (non-hydrogen) atoms. The number of hydrogen-bond donors (Lipinski definition) is 3. The number of hydrogen-bond acceptors (Lipinski definition) is 4. The van der Waals surface area contributed by atoms with Gasteiger partial charge in [-0.2, -0.15) is 0 Å². The van der Waals surface area contributed by atoms with Crippen LogP contribution in [0, 0.1) is 28.1 Å². The van der Waals surface area contributed by atoms with Gasteiger partial charge in [-0.05, 0) is 88.2 Å². The van der Waals surface area contributed by atoms with Gasteiger partial charge in [-0.15, -0.1) is 0 Å². The van der Waals surface area contributed by atoms with Crippen molar-refractivity contribution in [2.24, 2.45) is 28.1 Å². The first-order chi connectivity index (χ1) is 15.8. The van der Waals surface area contributed by atoms with E-state index >= 15 is 0 Å². The fourth-order valence-electron chi connectivity index (χ4n) is 7.68. The Morgan fingerprint density at radius 2 is 1.76 bits per heavy atom. The van der Waals surface area contributed by atoms with Crippen molar-refractivity contribution in [1.29, 1.82) is 0 Å². The van der Waals surface area contributed by atoms with Gasteiger partial charge in [0.2, 0.25) is 0 Å². The highest BCUT2D eigenvalue weighted by Gasteiger charge is 2.65. The quantitative estimate of drug-likeness (QED) is 0.265. The Balaban J connectivity index is 1.88. The molecule has 190 valence electrons. The maximum absolute atomic E-state index is 13.4. The minimum absolute atomic E-state index is 0.0125. The molecule has 3 aliphatic carbocycles. The number of aliphatic hydroxyl groups excluding tert-OH is 3. The Labute approximate surface area is 206 Å². The van der Waals surface area contributed by atoms with Crippen LogP contribution in [0.5, 0.6) is 0 Å². The summed E-state index contributed by atoms with van der Waals surface area (Å²) in [6.07, 6.45) is 11.5. The molecule has 0 aromatic heterocycles. The van der Waals surface area contributed by atoms with E-state index in [2.05, 4.69) is 13.8 Å². The summed E-state index contributed by atoms with van der Waals surface area (Å²) in [4.78, 5) is 13.4. The van der Waals surface area contributed by atoms with Crippen LogP contribution in [0.2, 0.25) is 0 Å². The normalized spacial score (nSPS) is 40.7. The van der Waals surface area contributed by atoms with Crippen LogP contribution in [0.4, 0.5) is 0 Å². The highest BCUT2D eigenvalue weighted by atomic mass is 16.3. The third kappa shape index (κ3) is 4.54. The SMILES string of the molecule is CC(C)=CCC(O)C(C)=CC=CC(C)=C1C(=O)CC2C1(C)CCC1C(C)(CO)C(O)CCC21C. The highest BCUT2D eigenvalue weighted by Crippen LogP contribution is 2.69. The third-order valence-corrected chi connectivity index (χ3v) is 9.78.